The van der Waals surface area contributed by atoms with E-state index in [4.69, 9.17) is 0 Å². The Bertz CT molecular complexity index is 2110. The van der Waals surface area contributed by atoms with Crippen LogP contribution in [0.2, 0.25) is 0 Å². The summed E-state index contributed by atoms with van der Waals surface area (Å²) >= 11 is 0. The molecule has 0 fully saturated rings. The summed E-state index contributed by atoms with van der Waals surface area (Å²) in [6, 6.07) is 10.2. The van der Waals surface area contributed by atoms with Crippen LogP contribution in [-0.4, -0.2) is 63.5 Å². The van der Waals surface area contributed by atoms with E-state index in [9.17, 15) is 65.9 Å². The van der Waals surface area contributed by atoms with E-state index in [2.05, 4.69) is 10.6 Å². The van der Waals surface area contributed by atoms with E-state index in [1.54, 1.807) is 0 Å². The van der Waals surface area contributed by atoms with Crippen molar-refractivity contribution in [1.82, 2.24) is 0 Å². The molecule has 0 saturated carbocycles. The Morgan fingerprint density at radius 3 is 1.29 bits per heavy atom. The van der Waals surface area contributed by atoms with Crippen LogP contribution in [0.1, 0.15) is 84.5 Å². The molecule has 16 heteroatoms. The molecule has 4 aromatic carbocycles. The van der Waals surface area contributed by atoms with E-state index in [1.807, 2.05) is 0 Å². The highest BCUT2D eigenvalue weighted by atomic mass is 19.4. The molecular formula is C36H30F6N2O8. The van der Waals surface area contributed by atoms with Gasteiger partial charge in [0.15, 0.2) is 5.78 Å². The summed E-state index contributed by atoms with van der Waals surface area (Å²) in [6.07, 6.45) is -10.2. The lowest BCUT2D eigenvalue weighted by molar-refractivity contribution is -0.173. The number of carbonyl (C=O) groups is 4. The molecule has 0 aliphatic rings. The molecule has 10 nitrogen and oxygen atoms in total. The lowest BCUT2D eigenvalue weighted by Gasteiger charge is -2.34. The zero-order valence-corrected chi connectivity index (χ0v) is 27.6. The number of phenols is 2. The number of phenolic OH excluding ortho intramolecular Hbond substituents is 2. The number of ketones is 1. The average molecular weight is 733 g/mol. The third kappa shape index (κ3) is 6.70. The highest BCUT2D eigenvalue weighted by molar-refractivity contribution is 6.11. The first-order chi connectivity index (χ1) is 24.0. The van der Waals surface area contributed by atoms with Gasteiger partial charge < -0.3 is 31.1 Å². The quantitative estimate of drug-likeness (QED) is 0.0542. The van der Waals surface area contributed by atoms with E-state index >= 15 is 0 Å². The molecule has 0 spiro atoms. The minimum atomic E-state index is -5.17. The molecule has 0 saturated heterocycles. The van der Waals surface area contributed by atoms with E-state index in [0.29, 0.717) is 19.1 Å². The van der Waals surface area contributed by atoms with Crippen molar-refractivity contribution in [3.63, 3.8) is 0 Å². The van der Waals surface area contributed by atoms with Gasteiger partial charge in [-0.05, 0) is 91.6 Å². The summed E-state index contributed by atoms with van der Waals surface area (Å²) in [5.74, 6) is -6.92. The van der Waals surface area contributed by atoms with Gasteiger partial charge in [-0.3, -0.25) is 9.59 Å². The standard InChI is InChI=1S/C36H30F6N2O8/c1-17(45)24-13-18(5-9-22(24)31(49)50)33(2,35(37,38)39)19-6-10-23(32(51)52)25(14-19)30(48)44-27-12-8-21(16-29(27)47)34(3,36(40,41)42)20-7-11-26(43-4)28(46)15-20/h5-16,43,46-47H,1-4H3,(H,44,48)(H,49,50)(H,51,52). The van der Waals surface area contributed by atoms with Gasteiger partial charge in [-0.2, -0.15) is 26.3 Å². The topological polar surface area (TPSA) is 173 Å². The predicted octanol–water partition coefficient (Wildman–Crippen LogP) is 7.73. The number of aromatic hydroxyl groups is 2. The molecule has 6 N–H and O–H groups in total. The fraction of sp³-hybridized carbons (Fsp3) is 0.222. The van der Waals surface area contributed by atoms with Gasteiger partial charge in [-0.1, -0.05) is 24.3 Å². The molecule has 4 aromatic rings. The fourth-order valence-corrected chi connectivity index (χ4v) is 5.74. The predicted molar refractivity (Wildman–Crippen MR) is 176 cm³/mol. The van der Waals surface area contributed by atoms with E-state index in [1.165, 1.54) is 13.1 Å². The minimum Gasteiger partial charge on any atom is -0.506 e. The number of carboxylic acid groups (broad SMARTS) is 2. The number of anilines is 2. The number of Topliss-reactive ketones (excluding diaryl/α,β-unsaturated/α-hetero) is 1. The van der Waals surface area contributed by atoms with Crippen LogP contribution < -0.4 is 10.6 Å². The molecule has 4 rings (SSSR count). The highest BCUT2D eigenvalue weighted by Crippen LogP contribution is 2.49. The first-order valence-electron chi connectivity index (χ1n) is 15.0. The molecule has 0 radical (unpaired) electrons. The minimum absolute atomic E-state index is 0.145. The molecule has 52 heavy (non-hydrogen) atoms. The number of nitrogens with one attached hydrogen (secondary N) is 2. The van der Waals surface area contributed by atoms with Crippen molar-refractivity contribution in [2.24, 2.45) is 0 Å². The Labute approximate surface area is 291 Å². The maximum atomic E-state index is 14.9. The number of carboxylic acids is 2. The van der Waals surface area contributed by atoms with Crippen LogP contribution in [0, 0.1) is 0 Å². The molecular weight excluding hydrogens is 702 g/mol. The van der Waals surface area contributed by atoms with Crippen molar-refractivity contribution in [2.45, 2.75) is 44.0 Å². The molecule has 2 unspecified atom stereocenters. The van der Waals surface area contributed by atoms with Crippen LogP contribution in [0.3, 0.4) is 0 Å². The monoisotopic (exact) mass is 732 g/mol. The number of aromatic carboxylic acids is 2. The smallest absolute Gasteiger partial charge is 0.402 e. The second-order valence-corrected chi connectivity index (χ2v) is 12.1. The Morgan fingerprint density at radius 1 is 0.558 bits per heavy atom. The van der Waals surface area contributed by atoms with Crippen molar-refractivity contribution in [3.8, 4) is 11.5 Å². The molecule has 0 aromatic heterocycles. The second kappa shape index (κ2) is 13.6. The largest absolute Gasteiger partial charge is 0.506 e. The number of amides is 1. The van der Waals surface area contributed by atoms with Gasteiger partial charge in [-0.15, -0.1) is 0 Å². The van der Waals surface area contributed by atoms with E-state index < -0.39 is 109 Å². The summed E-state index contributed by atoms with van der Waals surface area (Å²) < 4.78 is 88.5. The summed E-state index contributed by atoms with van der Waals surface area (Å²) in [6.45, 7) is 2.43. The first-order valence-corrected chi connectivity index (χ1v) is 15.0. The van der Waals surface area contributed by atoms with E-state index in [0.717, 1.165) is 68.4 Å². The van der Waals surface area contributed by atoms with Crippen molar-refractivity contribution < 1.29 is 65.9 Å². The molecule has 1 amide bonds. The number of halogens is 6. The number of rotatable bonds is 10. The molecule has 0 heterocycles. The van der Waals surface area contributed by atoms with Crippen molar-refractivity contribution in [3.05, 3.63) is 117 Å². The third-order valence-electron chi connectivity index (χ3n) is 9.08. The van der Waals surface area contributed by atoms with Gasteiger partial charge in [0.1, 0.15) is 22.3 Å². The van der Waals surface area contributed by atoms with Crippen molar-refractivity contribution in [2.75, 3.05) is 17.7 Å². The molecule has 0 bridgehead atoms. The van der Waals surface area contributed by atoms with Gasteiger partial charge in [0.25, 0.3) is 5.91 Å². The lowest BCUT2D eigenvalue weighted by atomic mass is 9.73. The second-order valence-electron chi connectivity index (χ2n) is 12.1. The van der Waals surface area contributed by atoms with Crippen molar-refractivity contribution in [1.29, 1.82) is 0 Å². The van der Waals surface area contributed by atoms with Crippen LogP contribution in [0.15, 0.2) is 72.8 Å². The van der Waals surface area contributed by atoms with Gasteiger partial charge in [0.05, 0.1) is 28.1 Å². The number of hydrogen-bond donors (Lipinski definition) is 6. The van der Waals surface area contributed by atoms with Gasteiger partial charge in [0, 0.05) is 12.6 Å². The number of carbonyl (C=O) groups excluding carboxylic acids is 2. The SMILES string of the molecule is CNc1ccc(C(C)(c2ccc(NC(=O)c3cc(C(C)(c4ccc(C(=O)O)c(C(C)=O)c4)C(F)(F)F)ccc3C(=O)O)c(O)c2)C(F)(F)F)cc1O. The van der Waals surface area contributed by atoms with Gasteiger partial charge in [-0.25, -0.2) is 9.59 Å². The van der Waals surface area contributed by atoms with Crippen LogP contribution in [-0.2, 0) is 10.8 Å². The van der Waals surface area contributed by atoms with Crippen LogP contribution in [0.5, 0.6) is 11.5 Å². The number of alkyl halides is 6. The normalized spacial score (nSPS) is 14.1. The zero-order valence-electron chi connectivity index (χ0n) is 27.6. The molecule has 0 aliphatic heterocycles. The van der Waals surface area contributed by atoms with Crippen LogP contribution >= 0.6 is 0 Å². The number of hydrogen-bond acceptors (Lipinski definition) is 7. The van der Waals surface area contributed by atoms with Crippen LogP contribution in [0.4, 0.5) is 37.7 Å². The Morgan fingerprint density at radius 2 is 0.923 bits per heavy atom. The summed E-state index contributed by atoms with van der Waals surface area (Å²) in [5.41, 5.74) is -11.2. The Hall–Kier alpha value is -6.06. The van der Waals surface area contributed by atoms with Crippen LogP contribution in [0.25, 0.3) is 0 Å². The lowest BCUT2D eigenvalue weighted by Crippen LogP contribution is -2.41. The molecule has 274 valence electrons. The Balaban J connectivity index is 1.82. The van der Waals surface area contributed by atoms with E-state index in [-0.39, 0.29) is 5.69 Å². The first kappa shape index (κ1) is 38.7. The molecule has 2 atom stereocenters. The van der Waals surface area contributed by atoms with Gasteiger partial charge in [0.2, 0.25) is 0 Å². The summed E-state index contributed by atoms with van der Waals surface area (Å²) in [5, 5.41) is 44.9. The summed E-state index contributed by atoms with van der Waals surface area (Å²) in [7, 11) is 1.44. The Kier molecular flexibility index (Phi) is 10.1. The van der Waals surface area contributed by atoms with Gasteiger partial charge >= 0.3 is 24.3 Å². The third-order valence-corrected chi connectivity index (χ3v) is 9.08. The molecule has 0 aliphatic carbocycles. The highest BCUT2D eigenvalue weighted by Gasteiger charge is 2.55. The maximum Gasteiger partial charge on any atom is 0.402 e. The zero-order chi connectivity index (χ0) is 39.1. The number of benzene rings is 4. The summed E-state index contributed by atoms with van der Waals surface area (Å²) in [4.78, 5) is 49.3. The maximum absolute atomic E-state index is 14.9. The average Bonchev–Trinajstić information content (AvgIpc) is 3.06. The fourth-order valence-electron chi connectivity index (χ4n) is 5.74. The van der Waals surface area contributed by atoms with Crippen molar-refractivity contribution >= 4 is 35.0 Å².